The zero-order valence-electron chi connectivity index (χ0n) is 8.27. The molecule has 1 aromatic heterocycles. The van der Waals surface area contributed by atoms with Gasteiger partial charge in [-0.25, -0.2) is 0 Å². The van der Waals surface area contributed by atoms with Crippen LogP contribution < -0.4 is 0 Å². The van der Waals surface area contributed by atoms with Crippen molar-refractivity contribution in [1.29, 1.82) is 0 Å². The summed E-state index contributed by atoms with van der Waals surface area (Å²) >= 11 is 0. The van der Waals surface area contributed by atoms with Crippen LogP contribution in [0.3, 0.4) is 0 Å². The number of methoxy groups -OCH3 is 1. The summed E-state index contributed by atoms with van der Waals surface area (Å²) in [6, 6.07) is 0. The monoisotopic (exact) mass is 197 g/mol. The quantitative estimate of drug-likeness (QED) is 0.383. The Kier molecular flexibility index (Phi) is 2.95. The Labute approximate surface area is 80.9 Å². The Morgan fingerprint density at radius 3 is 2.57 bits per heavy atom. The van der Waals surface area contributed by atoms with E-state index in [-0.39, 0.29) is 17.9 Å². The van der Waals surface area contributed by atoms with E-state index < -0.39 is 5.97 Å². The summed E-state index contributed by atoms with van der Waals surface area (Å²) in [6.45, 7) is 1.71. The van der Waals surface area contributed by atoms with Gasteiger partial charge in [0.05, 0.1) is 12.8 Å². The Morgan fingerprint density at radius 1 is 1.50 bits per heavy atom. The molecule has 76 valence electrons. The van der Waals surface area contributed by atoms with Gasteiger partial charge in [0.2, 0.25) is 0 Å². The van der Waals surface area contributed by atoms with Gasteiger partial charge in [0.15, 0.2) is 11.5 Å². The highest BCUT2D eigenvalue weighted by Gasteiger charge is 2.18. The fourth-order valence-corrected chi connectivity index (χ4v) is 0.949. The predicted molar refractivity (Wildman–Crippen MR) is 46.7 cm³/mol. The summed E-state index contributed by atoms with van der Waals surface area (Å²) in [5.41, 5.74) is 0.858. The molecule has 0 spiro atoms. The van der Waals surface area contributed by atoms with Crippen LogP contribution in [0.25, 0.3) is 0 Å². The highest BCUT2D eigenvalue weighted by molar-refractivity contribution is 6.05. The molecule has 0 atom stereocenters. The van der Waals surface area contributed by atoms with E-state index in [0.717, 1.165) is 0 Å². The van der Waals surface area contributed by atoms with Crippen LogP contribution in [-0.4, -0.2) is 33.9 Å². The minimum absolute atomic E-state index is 0.220. The van der Waals surface area contributed by atoms with Gasteiger partial charge in [-0.2, -0.15) is 0 Å². The molecule has 6 nitrogen and oxygen atoms in total. The molecule has 0 radical (unpaired) electrons. The molecule has 1 rings (SSSR count). The van der Waals surface area contributed by atoms with Crippen molar-refractivity contribution >= 4 is 11.8 Å². The molecule has 0 fully saturated rings. The van der Waals surface area contributed by atoms with Crippen LogP contribution in [0, 0.1) is 6.92 Å². The molecule has 0 aliphatic carbocycles. The molecule has 1 aromatic rings. The number of hydrogen-bond donors (Lipinski definition) is 0. The zero-order chi connectivity index (χ0) is 10.7. The molecule has 0 aliphatic heterocycles. The van der Waals surface area contributed by atoms with Gasteiger partial charge in [0, 0.05) is 7.05 Å². The third kappa shape index (κ3) is 1.95. The molecule has 0 aliphatic rings. The molecule has 14 heavy (non-hydrogen) atoms. The minimum atomic E-state index is -0.569. The Morgan fingerprint density at radius 2 is 2.14 bits per heavy atom. The summed E-state index contributed by atoms with van der Waals surface area (Å²) < 4.78 is 5.85. The van der Waals surface area contributed by atoms with Crippen molar-refractivity contribution in [2.75, 3.05) is 7.11 Å². The molecule has 0 aromatic carbocycles. The van der Waals surface area contributed by atoms with Crippen molar-refractivity contribution in [3.63, 3.8) is 0 Å². The van der Waals surface area contributed by atoms with E-state index in [0.29, 0.717) is 5.69 Å². The first-order valence-corrected chi connectivity index (χ1v) is 4.02. The number of Topliss-reactive ketones (excluding diaryl/α,β-unsaturated/α-hetero) is 1. The number of hydrogen-bond acceptors (Lipinski definition) is 5. The van der Waals surface area contributed by atoms with Gasteiger partial charge in [-0.1, -0.05) is 5.21 Å². The summed E-state index contributed by atoms with van der Waals surface area (Å²) in [5, 5.41) is 7.32. The summed E-state index contributed by atoms with van der Waals surface area (Å²) in [4.78, 5) is 22.2. The average Bonchev–Trinajstić information content (AvgIpc) is 2.47. The average molecular weight is 197 g/mol. The third-order valence-electron chi connectivity index (χ3n) is 1.90. The normalized spacial score (nSPS) is 9.93. The highest BCUT2D eigenvalue weighted by atomic mass is 16.5. The van der Waals surface area contributed by atoms with E-state index in [1.54, 1.807) is 14.0 Å². The number of nitrogens with zero attached hydrogens (tertiary/aromatic N) is 3. The van der Waals surface area contributed by atoms with Crippen LogP contribution in [0.4, 0.5) is 0 Å². The molecule has 6 heteroatoms. The number of aromatic nitrogens is 3. The fourth-order valence-electron chi connectivity index (χ4n) is 0.949. The number of ketones is 1. The zero-order valence-corrected chi connectivity index (χ0v) is 8.27. The molecule has 0 saturated carbocycles. The topological polar surface area (TPSA) is 74.1 Å². The van der Waals surface area contributed by atoms with E-state index in [4.69, 9.17) is 0 Å². The molecule has 0 unspecified atom stereocenters. The van der Waals surface area contributed by atoms with Gasteiger partial charge in [0.1, 0.15) is 6.42 Å². The summed E-state index contributed by atoms with van der Waals surface area (Å²) in [7, 11) is 2.91. The first kappa shape index (κ1) is 10.4. The fraction of sp³-hybridized carbons (Fsp3) is 0.500. The second-order valence-electron chi connectivity index (χ2n) is 2.82. The minimum Gasteiger partial charge on any atom is -0.469 e. The molecule has 0 bridgehead atoms. The van der Waals surface area contributed by atoms with Gasteiger partial charge < -0.3 is 4.74 Å². The van der Waals surface area contributed by atoms with E-state index >= 15 is 0 Å². The molecular weight excluding hydrogens is 186 g/mol. The van der Waals surface area contributed by atoms with E-state index in [2.05, 4.69) is 15.0 Å². The maximum Gasteiger partial charge on any atom is 0.313 e. The number of aryl methyl sites for hydroxylation is 1. The summed E-state index contributed by atoms with van der Waals surface area (Å²) in [6.07, 6.45) is -0.296. The lowest BCUT2D eigenvalue weighted by atomic mass is 10.2. The lowest BCUT2D eigenvalue weighted by molar-refractivity contribution is -0.139. The van der Waals surface area contributed by atoms with Crippen LogP contribution in [0.15, 0.2) is 0 Å². The van der Waals surface area contributed by atoms with Crippen molar-refractivity contribution in [3.8, 4) is 0 Å². The summed E-state index contributed by atoms with van der Waals surface area (Å²) in [5.74, 6) is -0.942. The molecule has 0 N–H and O–H groups in total. The van der Waals surface area contributed by atoms with E-state index in [9.17, 15) is 9.59 Å². The van der Waals surface area contributed by atoms with Crippen LogP contribution >= 0.6 is 0 Å². The lowest BCUT2D eigenvalue weighted by Gasteiger charge is -1.97. The van der Waals surface area contributed by atoms with Crippen LogP contribution in [0.5, 0.6) is 0 Å². The predicted octanol–water partition coefficient (Wildman–Crippen LogP) is -0.131. The van der Waals surface area contributed by atoms with Crippen molar-refractivity contribution in [1.82, 2.24) is 15.0 Å². The number of ether oxygens (including phenoxy) is 1. The van der Waals surface area contributed by atoms with Crippen LogP contribution in [0.1, 0.15) is 22.6 Å². The third-order valence-corrected chi connectivity index (χ3v) is 1.90. The Bertz CT molecular complexity index is 370. The number of esters is 1. The smallest absolute Gasteiger partial charge is 0.313 e. The standard InChI is InChI=1S/C8H11N3O3/c1-5-8(9-10-11(5)2)6(12)4-7(13)14-3/h4H2,1-3H3. The van der Waals surface area contributed by atoms with Gasteiger partial charge in [-0.15, -0.1) is 5.10 Å². The van der Waals surface area contributed by atoms with Crippen LogP contribution in [0.2, 0.25) is 0 Å². The van der Waals surface area contributed by atoms with Gasteiger partial charge >= 0.3 is 5.97 Å². The second kappa shape index (κ2) is 3.99. The first-order valence-electron chi connectivity index (χ1n) is 4.02. The van der Waals surface area contributed by atoms with Gasteiger partial charge in [0.25, 0.3) is 0 Å². The van der Waals surface area contributed by atoms with Gasteiger partial charge in [-0.3, -0.25) is 14.3 Å². The van der Waals surface area contributed by atoms with Crippen LogP contribution in [-0.2, 0) is 16.6 Å². The van der Waals surface area contributed by atoms with E-state index in [1.165, 1.54) is 11.8 Å². The van der Waals surface area contributed by atoms with Crippen molar-refractivity contribution < 1.29 is 14.3 Å². The number of carbonyl (C=O) groups excluding carboxylic acids is 2. The maximum atomic E-state index is 11.4. The lowest BCUT2D eigenvalue weighted by Crippen LogP contribution is -2.11. The molecule has 0 amide bonds. The molecule has 1 heterocycles. The number of carbonyl (C=O) groups is 2. The van der Waals surface area contributed by atoms with E-state index in [1.807, 2.05) is 0 Å². The largest absolute Gasteiger partial charge is 0.469 e. The van der Waals surface area contributed by atoms with Crippen molar-refractivity contribution in [2.24, 2.45) is 7.05 Å². The Balaban J connectivity index is 2.80. The van der Waals surface area contributed by atoms with Gasteiger partial charge in [-0.05, 0) is 6.92 Å². The highest BCUT2D eigenvalue weighted by Crippen LogP contribution is 2.05. The van der Waals surface area contributed by atoms with Crippen molar-refractivity contribution in [3.05, 3.63) is 11.4 Å². The SMILES string of the molecule is COC(=O)CC(=O)c1nnn(C)c1C. The first-order chi connectivity index (χ1) is 6.56. The maximum absolute atomic E-state index is 11.4. The molecular formula is C8H11N3O3. The number of rotatable bonds is 3. The molecule has 0 saturated heterocycles. The second-order valence-corrected chi connectivity index (χ2v) is 2.82. The van der Waals surface area contributed by atoms with Crippen molar-refractivity contribution in [2.45, 2.75) is 13.3 Å². The Hall–Kier alpha value is -1.72.